The summed E-state index contributed by atoms with van der Waals surface area (Å²) in [6, 6.07) is 0. The maximum absolute atomic E-state index is 9.49. The van der Waals surface area contributed by atoms with Crippen molar-refractivity contribution in [3.63, 3.8) is 0 Å². The molecule has 108 valence electrons. The summed E-state index contributed by atoms with van der Waals surface area (Å²) in [6.45, 7) is 5.40. The van der Waals surface area contributed by atoms with Gasteiger partial charge < -0.3 is 29.7 Å². The molecule has 0 fully saturated rings. The molecular weight excluding hydrogens is 381 g/mol. The molecule has 0 N–H and O–H groups in total. The Morgan fingerprint density at radius 1 is 0.632 bits per heavy atom. The summed E-state index contributed by atoms with van der Waals surface area (Å²) in [5.74, 6) is -2.88. The second-order valence-corrected chi connectivity index (χ2v) is 3.37. The zero-order valence-corrected chi connectivity index (χ0v) is 15.5. The van der Waals surface area contributed by atoms with Gasteiger partial charge in [0.2, 0.25) is 0 Å². The van der Waals surface area contributed by atoms with Crippen molar-refractivity contribution in [3.8, 4) is 0 Å². The van der Waals surface area contributed by atoms with Crippen molar-refractivity contribution < 1.29 is 71.0 Å². The van der Waals surface area contributed by atoms with Crippen LogP contribution >= 0.6 is 0 Å². The molecule has 0 aliphatic carbocycles. The van der Waals surface area contributed by atoms with Crippen LogP contribution in [0.25, 0.3) is 0 Å². The molecule has 19 heavy (non-hydrogen) atoms. The van der Waals surface area contributed by atoms with E-state index < -0.39 is 17.9 Å². The first-order valence-corrected chi connectivity index (χ1v) is 5.91. The Morgan fingerprint density at radius 2 is 0.789 bits per heavy atom. The van der Waals surface area contributed by atoms with Crippen LogP contribution in [0, 0.1) is 41.3 Å². The van der Waals surface area contributed by atoms with Crippen molar-refractivity contribution in [2.75, 3.05) is 0 Å². The number of carboxylic acids is 3. The zero-order valence-electron chi connectivity index (χ0n) is 11.8. The third-order valence-electron chi connectivity index (χ3n) is 1.36. The van der Waals surface area contributed by atoms with E-state index in [0.717, 1.165) is 0 Å². The minimum Gasteiger partial charge on any atom is -0.550 e. The molecule has 0 radical (unpaired) electrons. The van der Waals surface area contributed by atoms with Crippen molar-refractivity contribution in [2.24, 2.45) is 0 Å². The van der Waals surface area contributed by atoms with Gasteiger partial charge in [0, 0.05) is 17.9 Å². The minimum absolute atomic E-state index is 0. The Morgan fingerprint density at radius 3 is 0.789 bits per heavy atom. The molecule has 0 aromatic rings. The van der Waals surface area contributed by atoms with Crippen LogP contribution in [0.15, 0.2) is 0 Å². The van der Waals surface area contributed by atoms with Gasteiger partial charge in [-0.1, -0.05) is 40.0 Å². The average molecular weight is 402 g/mol. The van der Waals surface area contributed by atoms with Crippen molar-refractivity contribution in [1.29, 1.82) is 0 Å². The first kappa shape index (κ1) is 27.2. The van der Waals surface area contributed by atoms with Gasteiger partial charge in [0.25, 0.3) is 0 Å². The van der Waals surface area contributed by atoms with Crippen LogP contribution in [0.1, 0.15) is 59.3 Å². The number of carboxylic acid groups (broad SMARTS) is 3. The number of hydrogen-bond acceptors (Lipinski definition) is 6. The van der Waals surface area contributed by atoms with E-state index >= 15 is 0 Å². The van der Waals surface area contributed by atoms with Crippen LogP contribution in [0.2, 0.25) is 0 Å². The molecule has 0 heterocycles. The summed E-state index contributed by atoms with van der Waals surface area (Å²) in [5.41, 5.74) is 0. The Kier molecular flexibility index (Phi) is 32.8. The van der Waals surface area contributed by atoms with E-state index in [0.29, 0.717) is 19.3 Å². The molecule has 0 saturated heterocycles. The van der Waals surface area contributed by atoms with E-state index in [1.165, 1.54) is 0 Å². The van der Waals surface area contributed by atoms with Gasteiger partial charge in [-0.25, -0.2) is 0 Å². The molecule has 0 aromatic carbocycles. The van der Waals surface area contributed by atoms with E-state index in [2.05, 4.69) is 0 Å². The molecule has 0 bridgehead atoms. The molecule has 0 amide bonds. The van der Waals surface area contributed by atoms with Crippen molar-refractivity contribution >= 4 is 17.9 Å². The van der Waals surface area contributed by atoms with Crippen LogP contribution in [0.5, 0.6) is 0 Å². The van der Waals surface area contributed by atoms with Gasteiger partial charge >= 0.3 is 41.3 Å². The van der Waals surface area contributed by atoms with Gasteiger partial charge in [0.15, 0.2) is 0 Å². The number of rotatable bonds is 6. The van der Waals surface area contributed by atoms with Crippen molar-refractivity contribution in [1.82, 2.24) is 0 Å². The van der Waals surface area contributed by atoms with Gasteiger partial charge in [-0.2, -0.15) is 0 Å². The van der Waals surface area contributed by atoms with E-state index in [-0.39, 0.29) is 60.6 Å². The summed E-state index contributed by atoms with van der Waals surface area (Å²) in [6.07, 6.45) is 2.55. The van der Waals surface area contributed by atoms with Gasteiger partial charge in [-0.3, -0.25) is 0 Å². The molecule has 6 nitrogen and oxygen atoms in total. The topological polar surface area (TPSA) is 120 Å². The predicted octanol–water partition coefficient (Wildman–Crippen LogP) is -1.39. The number of aliphatic carboxylic acids is 3. The second-order valence-electron chi connectivity index (χ2n) is 3.37. The van der Waals surface area contributed by atoms with Crippen molar-refractivity contribution in [2.45, 2.75) is 59.3 Å². The van der Waals surface area contributed by atoms with Crippen LogP contribution in [-0.2, 0) is 14.4 Å². The Hall–Kier alpha value is -0.226. The minimum atomic E-state index is -0.961. The second kappa shape index (κ2) is 22.9. The standard InChI is InChI=1S/3C4H8O2.Pr/c3*1-2-3-4(5)6;/h3*2-3H2,1H3,(H,5,6);/q;;;+3/p-3. The quantitative estimate of drug-likeness (QED) is 0.540. The van der Waals surface area contributed by atoms with Crippen LogP contribution in [0.4, 0.5) is 0 Å². The Bertz CT molecular complexity index is 192. The summed E-state index contributed by atoms with van der Waals surface area (Å²) < 4.78 is 0. The molecular formula is C12H21O6Pr. The molecule has 0 saturated carbocycles. The third kappa shape index (κ3) is 57.4. The molecule has 0 rings (SSSR count). The fraction of sp³-hybridized carbons (Fsp3) is 0.750. The molecule has 0 aromatic heterocycles. The summed E-state index contributed by atoms with van der Waals surface area (Å²) >= 11 is 0. The average Bonchev–Trinajstić information content (AvgIpc) is 2.18. The molecule has 0 unspecified atom stereocenters. The van der Waals surface area contributed by atoms with E-state index in [1.807, 2.05) is 0 Å². The van der Waals surface area contributed by atoms with E-state index in [9.17, 15) is 29.7 Å². The SMILES string of the molecule is CCCC(=O)[O-].CCCC(=O)[O-].CCCC(=O)[O-].[Pr+3]. The van der Waals surface area contributed by atoms with Crippen LogP contribution < -0.4 is 15.3 Å². The number of hydrogen-bond donors (Lipinski definition) is 0. The molecule has 0 atom stereocenters. The summed E-state index contributed by atoms with van der Waals surface area (Å²) in [4.78, 5) is 28.5. The molecule has 0 spiro atoms. The summed E-state index contributed by atoms with van der Waals surface area (Å²) in [7, 11) is 0. The first-order chi connectivity index (χ1) is 8.31. The first-order valence-electron chi connectivity index (χ1n) is 5.91. The number of carbonyl (C=O) groups is 3. The number of carbonyl (C=O) groups excluding carboxylic acids is 3. The smallest absolute Gasteiger partial charge is 0.550 e. The predicted molar refractivity (Wildman–Crippen MR) is 59.7 cm³/mol. The van der Waals surface area contributed by atoms with Gasteiger partial charge in [0.05, 0.1) is 0 Å². The molecule has 0 aliphatic rings. The van der Waals surface area contributed by atoms with Gasteiger partial charge in [-0.15, -0.1) is 0 Å². The monoisotopic (exact) mass is 402 g/mol. The summed E-state index contributed by atoms with van der Waals surface area (Å²) in [5, 5.41) is 28.5. The zero-order chi connectivity index (χ0) is 15.0. The normalized spacial score (nSPS) is 7.74. The fourth-order valence-electron chi connectivity index (χ4n) is 0.612. The van der Waals surface area contributed by atoms with Gasteiger partial charge in [-0.05, 0) is 19.3 Å². The third-order valence-corrected chi connectivity index (χ3v) is 1.36. The van der Waals surface area contributed by atoms with Gasteiger partial charge in [0.1, 0.15) is 0 Å². The Balaban J connectivity index is -0.0000000865. The van der Waals surface area contributed by atoms with Crippen LogP contribution in [0.3, 0.4) is 0 Å². The van der Waals surface area contributed by atoms with E-state index in [1.54, 1.807) is 20.8 Å². The molecule has 7 heteroatoms. The maximum Gasteiger partial charge on any atom is 3.00 e. The largest absolute Gasteiger partial charge is 3.00 e. The fourth-order valence-corrected chi connectivity index (χ4v) is 0.612. The van der Waals surface area contributed by atoms with Crippen molar-refractivity contribution in [3.05, 3.63) is 0 Å². The Labute approximate surface area is 147 Å². The maximum atomic E-state index is 9.49. The van der Waals surface area contributed by atoms with Crippen LogP contribution in [-0.4, -0.2) is 17.9 Å². The molecule has 0 aliphatic heterocycles. The van der Waals surface area contributed by atoms with E-state index in [4.69, 9.17) is 0 Å².